The van der Waals surface area contributed by atoms with Crippen LogP contribution in [0.1, 0.15) is 93.4 Å². The molecule has 206 valence electrons. The maximum atomic E-state index is 11.9. The molecule has 0 amide bonds. The van der Waals surface area contributed by atoms with E-state index in [-0.39, 0.29) is 52.6 Å². The molecule has 0 aromatic heterocycles. The van der Waals surface area contributed by atoms with Gasteiger partial charge in [-0.05, 0) is 90.3 Å². The molecule has 5 heteroatoms. The summed E-state index contributed by atoms with van der Waals surface area (Å²) in [7, 11) is 0. The topological polar surface area (TPSA) is 101 Å². The van der Waals surface area contributed by atoms with Gasteiger partial charge in [0.05, 0.1) is 31.5 Å². The Morgan fingerprint density at radius 3 is 2.11 bits per heavy atom. The minimum atomic E-state index is -0.713. The van der Waals surface area contributed by atoms with Crippen molar-refractivity contribution in [3.05, 3.63) is 11.6 Å². The molecule has 0 bridgehead atoms. The average Bonchev–Trinajstić information content (AvgIpc) is 2.81. The van der Waals surface area contributed by atoms with E-state index >= 15 is 0 Å². The zero-order valence-electron chi connectivity index (χ0n) is 23.7. The predicted octanol–water partition coefficient (Wildman–Crippen LogP) is 4.30. The van der Waals surface area contributed by atoms with E-state index in [2.05, 4.69) is 47.6 Å². The summed E-state index contributed by atoms with van der Waals surface area (Å²) >= 11 is 0. The lowest BCUT2D eigenvalue weighted by molar-refractivity contribution is -0.243. The molecule has 4 fully saturated rings. The standard InChI is InChI=1S/C31H52O5/c1-18-25(36)26(2,3)14-20-19-8-9-22-27(4)12-11-23(34)28(5,16-32)21(27)10-13-29(22,6)30(19,7)15-24(35)31(18,20)17-33/h8,18,20-25,32-36H,9-17H2,1-7H3/t18-,20?,21?,22?,23-,24+,25-,27-,28+,29+,30+,31-/m0/s1. The summed E-state index contributed by atoms with van der Waals surface area (Å²) in [6.07, 6.45) is 6.82. The van der Waals surface area contributed by atoms with Gasteiger partial charge in [0.15, 0.2) is 0 Å². The molecule has 0 aromatic carbocycles. The molecule has 12 atom stereocenters. The highest BCUT2D eigenvalue weighted by Gasteiger charge is 2.71. The van der Waals surface area contributed by atoms with E-state index in [4.69, 9.17) is 0 Å². The van der Waals surface area contributed by atoms with Gasteiger partial charge < -0.3 is 25.5 Å². The van der Waals surface area contributed by atoms with Gasteiger partial charge in [0.2, 0.25) is 0 Å². The monoisotopic (exact) mass is 504 g/mol. The second kappa shape index (κ2) is 8.03. The van der Waals surface area contributed by atoms with Crippen molar-refractivity contribution in [2.24, 2.45) is 56.2 Å². The van der Waals surface area contributed by atoms with E-state index in [1.165, 1.54) is 5.57 Å². The first-order valence-electron chi connectivity index (χ1n) is 14.6. The maximum Gasteiger partial charge on any atom is 0.0636 e. The summed E-state index contributed by atoms with van der Waals surface area (Å²) in [5, 5.41) is 55.4. The van der Waals surface area contributed by atoms with E-state index in [1.807, 2.05) is 6.92 Å². The fourth-order valence-corrected chi connectivity index (χ4v) is 11.4. The van der Waals surface area contributed by atoms with Crippen LogP contribution in [0.25, 0.3) is 0 Å². The van der Waals surface area contributed by atoms with Gasteiger partial charge in [0.25, 0.3) is 0 Å². The smallest absolute Gasteiger partial charge is 0.0636 e. The van der Waals surface area contributed by atoms with Crippen LogP contribution >= 0.6 is 0 Å². The molecule has 5 rings (SSSR count). The maximum absolute atomic E-state index is 11.9. The van der Waals surface area contributed by atoms with Crippen LogP contribution < -0.4 is 0 Å². The van der Waals surface area contributed by atoms with Crippen molar-refractivity contribution in [1.29, 1.82) is 0 Å². The number of aliphatic hydroxyl groups excluding tert-OH is 5. The van der Waals surface area contributed by atoms with Gasteiger partial charge in [0, 0.05) is 10.8 Å². The number of fused-ring (bicyclic) bond motifs is 7. The highest BCUT2D eigenvalue weighted by atomic mass is 16.3. The van der Waals surface area contributed by atoms with Crippen LogP contribution in [-0.2, 0) is 0 Å². The Morgan fingerprint density at radius 2 is 1.50 bits per heavy atom. The number of allylic oxidation sites excluding steroid dienone is 2. The van der Waals surface area contributed by atoms with Crippen molar-refractivity contribution >= 4 is 0 Å². The molecule has 5 N–H and O–H groups in total. The molecule has 0 heterocycles. The Bertz CT molecular complexity index is 930. The molecule has 0 saturated heterocycles. The van der Waals surface area contributed by atoms with E-state index in [0.717, 1.165) is 38.5 Å². The first-order valence-corrected chi connectivity index (χ1v) is 14.6. The molecule has 0 spiro atoms. The summed E-state index contributed by atoms with van der Waals surface area (Å²) in [6, 6.07) is 0. The molecule has 0 radical (unpaired) electrons. The van der Waals surface area contributed by atoms with Crippen LogP contribution in [0.3, 0.4) is 0 Å². The molecular weight excluding hydrogens is 452 g/mol. The molecule has 36 heavy (non-hydrogen) atoms. The second-order valence-electron chi connectivity index (χ2n) is 15.5. The predicted molar refractivity (Wildman–Crippen MR) is 141 cm³/mol. The molecular formula is C31H52O5. The second-order valence-corrected chi connectivity index (χ2v) is 15.5. The zero-order chi connectivity index (χ0) is 26.7. The third-order valence-electron chi connectivity index (χ3n) is 14.0. The Morgan fingerprint density at radius 1 is 0.833 bits per heavy atom. The van der Waals surface area contributed by atoms with Crippen molar-refractivity contribution in [2.45, 2.75) is 112 Å². The molecule has 4 saturated carbocycles. The molecule has 0 aromatic rings. The summed E-state index contributed by atoms with van der Waals surface area (Å²) < 4.78 is 0. The third-order valence-corrected chi connectivity index (χ3v) is 14.0. The third kappa shape index (κ3) is 2.96. The van der Waals surface area contributed by atoms with E-state index in [1.54, 1.807) is 0 Å². The fraction of sp³-hybridized carbons (Fsp3) is 0.935. The number of aliphatic hydroxyl groups is 5. The summed E-state index contributed by atoms with van der Waals surface area (Å²) in [6.45, 7) is 15.6. The Kier molecular flexibility index (Phi) is 6.05. The Hall–Kier alpha value is -0.460. The van der Waals surface area contributed by atoms with Crippen molar-refractivity contribution in [3.63, 3.8) is 0 Å². The number of rotatable bonds is 2. The lowest BCUT2D eigenvalue weighted by Crippen LogP contribution is -2.70. The summed E-state index contributed by atoms with van der Waals surface area (Å²) in [4.78, 5) is 0. The normalized spacial score (nSPS) is 58.1. The lowest BCUT2D eigenvalue weighted by Gasteiger charge is -2.72. The van der Waals surface area contributed by atoms with Crippen molar-refractivity contribution in [3.8, 4) is 0 Å². The van der Waals surface area contributed by atoms with Gasteiger partial charge in [-0.3, -0.25) is 0 Å². The van der Waals surface area contributed by atoms with Crippen molar-refractivity contribution in [1.82, 2.24) is 0 Å². The lowest BCUT2D eigenvalue weighted by atomic mass is 9.32. The quantitative estimate of drug-likeness (QED) is 0.361. The van der Waals surface area contributed by atoms with Crippen molar-refractivity contribution < 1.29 is 25.5 Å². The van der Waals surface area contributed by atoms with E-state index in [0.29, 0.717) is 12.3 Å². The van der Waals surface area contributed by atoms with Crippen molar-refractivity contribution in [2.75, 3.05) is 13.2 Å². The minimum Gasteiger partial charge on any atom is -0.396 e. The van der Waals surface area contributed by atoms with Gasteiger partial charge in [-0.2, -0.15) is 0 Å². The average molecular weight is 505 g/mol. The fourth-order valence-electron chi connectivity index (χ4n) is 11.4. The number of hydrogen-bond acceptors (Lipinski definition) is 5. The summed E-state index contributed by atoms with van der Waals surface area (Å²) in [5.74, 6) is 0.526. The summed E-state index contributed by atoms with van der Waals surface area (Å²) in [5.41, 5.74) is -0.268. The first kappa shape index (κ1) is 27.1. The molecule has 3 unspecified atom stereocenters. The van der Waals surface area contributed by atoms with Crippen LogP contribution in [0.4, 0.5) is 0 Å². The van der Waals surface area contributed by atoms with Gasteiger partial charge >= 0.3 is 0 Å². The van der Waals surface area contributed by atoms with Crippen LogP contribution in [0, 0.1) is 56.2 Å². The molecule has 5 nitrogen and oxygen atoms in total. The van der Waals surface area contributed by atoms with Gasteiger partial charge in [0.1, 0.15) is 0 Å². The van der Waals surface area contributed by atoms with Crippen LogP contribution in [0.15, 0.2) is 11.6 Å². The molecule has 5 aliphatic carbocycles. The minimum absolute atomic E-state index is 0.0144. The van der Waals surface area contributed by atoms with E-state index in [9.17, 15) is 25.5 Å². The Labute approximate surface area is 218 Å². The van der Waals surface area contributed by atoms with Gasteiger partial charge in [-0.15, -0.1) is 0 Å². The largest absolute Gasteiger partial charge is 0.396 e. The molecule has 5 aliphatic rings. The van der Waals surface area contributed by atoms with E-state index < -0.39 is 29.1 Å². The first-order chi connectivity index (χ1) is 16.6. The number of hydrogen-bond donors (Lipinski definition) is 5. The van der Waals surface area contributed by atoms with Crippen LogP contribution in [0.2, 0.25) is 0 Å². The van der Waals surface area contributed by atoms with Gasteiger partial charge in [-0.1, -0.05) is 60.1 Å². The SMILES string of the molecule is C[C@H]1[C@H](O)C(C)(C)CC2C3=CCC4[C@@]5(C)CC[C@H](O)[C@](C)(CO)C5CC[C@@]4(C)[C@]3(C)C[C@@H](O)[C@]21CO. The van der Waals surface area contributed by atoms with Gasteiger partial charge in [-0.25, -0.2) is 0 Å². The highest BCUT2D eigenvalue weighted by molar-refractivity contribution is 5.36. The Balaban J connectivity index is 1.63. The van der Waals surface area contributed by atoms with Crippen LogP contribution in [0.5, 0.6) is 0 Å². The van der Waals surface area contributed by atoms with Crippen LogP contribution in [-0.4, -0.2) is 57.1 Å². The zero-order valence-corrected chi connectivity index (χ0v) is 23.7. The highest BCUT2D eigenvalue weighted by Crippen LogP contribution is 2.76. The molecule has 0 aliphatic heterocycles.